The van der Waals surface area contributed by atoms with Crippen LogP contribution in [0.4, 0.5) is 0 Å². The molecule has 4 rings (SSSR count). The minimum absolute atomic E-state index is 0.126. The van der Waals surface area contributed by atoms with E-state index in [9.17, 15) is 9.59 Å². The van der Waals surface area contributed by atoms with Crippen LogP contribution in [0.15, 0.2) is 30.5 Å². The molecule has 2 heterocycles. The van der Waals surface area contributed by atoms with Crippen LogP contribution in [0.1, 0.15) is 46.4 Å². The van der Waals surface area contributed by atoms with E-state index in [4.69, 9.17) is 5.73 Å². The molecule has 26 heavy (non-hydrogen) atoms. The number of benzene rings is 1. The zero-order chi connectivity index (χ0) is 18.3. The standard InChI is InChI=1S/C20H24N4O2/c1-13-4-2-3-5-16(13)20(7-8-20)19(26)22-11-14-6-9-24-17(10-14)15(12-23-24)18(21)25/h2-5,12,14H,6-11H2,1H3,(H2,21,25)(H,22,26). The van der Waals surface area contributed by atoms with Crippen LogP contribution in [-0.4, -0.2) is 28.1 Å². The summed E-state index contributed by atoms with van der Waals surface area (Å²) in [5, 5.41) is 7.40. The number of hydrogen-bond donors (Lipinski definition) is 2. The number of primary amides is 1. The summed E-state index contributed by atoms with van der Waals surface area (Å²) >= 11 is 0. The van der Waals surface area contributed by atoms with E-state index < -0.39 is 5.91 Å². The molecule has 0 spiro atoms. The van der Waals surface area contributed by atoms with Crippen molar-refractivity contribution in [2.45, 2.75) is 44.6 Å². The van der Waals surface area contributed by atoms with Gasteiger partial charge in [0.05, 0.1) is 22.9 Å². The molecule has 1 saturated carbocycles. The Morgan fingerprint density at radius 3 is 2.81 bits per heavy atom. The minimum atomic E-state index is -0.438. The molecule has 6 nitrogen and oxygen atoms in total. The fraction of sp³-hybridized carbons (Fsp3) is 0.450. The van der Waals surface area contributed by atoms with Gasteiger partial charge in [-0.15, -0.1) is 0 Å². The summed E-state index contributed by atoms with van der Waals surface area (Å²) in [6.45, 7) is 3.44. The summed E-state index contributed by atoms with van der Waals surface area (Å²) in [6.07, 6.45) is 5.02. The Hall–Kier alpha value is -2.63. The zero-order valence-corrected chi connectivity index (χ0v) is 15.0. The monoisotopic (exact) mass is 352 g/mol. The van der Waals surface area contributed by atoms with Crippen LogP contribution < -0.4 is 11.1 Å². The number of amides is 2. The van der Waals surface area contributed by atoms with Crippen LogP contribution in [-0.2, 0) is 23.2 Å². The summed E-state index contributed by atoms with van der Waals surface area (Å²) in [6, 6.07) is 8.15. The van der Waals surface area contributed by atoms with Crippen molar-refractivity contribution < 1.29 is 9.59 Å². The molecular formula is C20H24N4O2. The molecule has 1 aromatic heterocycles. The summed E-state index contributed by atoms with van der Waals surface area (Å²) in [7, 11) is 0. The van der Waals surface area contributed by atoms with Crippen molar-refractivity contribution in [3.8, 4) is 0 Å². The highest BCUT2D eigenvalue weighted by atomic mass is 16.2. The lowest BCUT2D eigenvalue weighted by Crippen LogP contribution is -2.39. The van der Waals surface area contributed by atoms with Crippen molar-refractivity contribution in [2.75, 3.05) is 6.54 Å². The number of fused-ring (bicyclic) bond motifs is 1. The van der Waals surface area contributed by atoms with Crippen molar-refractivity contribution in [3.63, 3.8) is 0 Å². The number of carbonyl (C=O) groups is 2. The highest BCUT2D eigenvalue weighted by Gasteiger charge is 2.51. The van der Waals surface area contributed by atoms with Crippen LogP contribution in [0, 0.1) is 12.8 Å². The molecule has 6 heteroatoms. The van der Waals surface area contributed by atoms with Gasteiger partial charge in [0.15, 0.2) is 0 Å². The highest BCUT2D eigenvalue weighted by Crippen LogP contribution is 2.49. The van der Waals surface area contributed by atoms with Crippen LogP contribution in [0.2, 0.25) is 0 Å². The van der Waals surface area contributed by atoms with E-state index in [2.05, 4.69) is 29.5 Å². The number of carbonyl (C=O) groups excluding carboxylic acids is 2. The number of hydrogen-bond acceptors (Lipinski definition) is 3. The fourth-order valence-corrected chi connectivity index (χ4v) is 4.14. The third kappa shape index (κ3) is 2.79. The maximum atomic E-state index is 12.9. The third-order valence-electron chi connectivity index (χ3n) is 5.84. The first-order chi connectivity index (χ1) is 12.5. The molecule has 1 aliphatic heterocycles. The van der Waals surface area contributed by atoms with Gasteiger partial charge in [-0.2, -0.15) is 5.10 Å². The summed E-state index contributed by atoms with van der Waals surface area (Å²) in [5.41, 5.74) is 8.80. The van der Waals surface area contributed by atoms with Crippen LogP contribution in [0.5, 0.6) is 0 Å². The van der Waals surface area contributed by atoms with Gasteiger partial charge in [-0.1, -0.05) is 24.3 Å². The van der Waals surface area contributed by atoms with Crippen molar-refractivity contribution in [1.82, 2.24) is 15.1 Å². The van der Waals surface area contributed by atoms with Crippen LogP contribution >= 0.6 is 0 Å². The van der Waals surface area contributed by atoms with E-state index in [1.54, 1.807) is 6.20 Å². The average molecular weight is 352 g/mol. The molecule has 1 unspecified atom stereocenters. The van der Waals surface area contributed by atoms with Gasteiger partial charge in [0.1, 0.15) is 0 Å². The predicted octanol–water partition coefficient (Wildman–Crippen LogP) is 1.70. The molecule has 0 saturated heterocycles. The second-order valence-corrected chi connectivity index (χ2v) is 7.56. The van der Waals surface area contributed by atoms with E-state index in [1.165, 1.54) is 5.56 Å². The molecule has 0 bridgehead atoms. The Balaban J connectivity index is 1.42. The van der Waals surface area contributed by atoms with Gasteiger partial charge in [0, 0.05) is 13.1 Å². The molecule has 1 aliphatic carbocycles. The lowest BCUT2D eigenvalue weighted by Gasteiger charge is -2.25. The van der Waals surface area contributed by atoms with E-state index in [0.29, 0.717) is 18.0 Å². The lowest BCUT2D eigenvalue weighted by atomic mass is 9.90. The maximum Gasteiger partial charge on any atom is 0.252 e. The van der Waals surface area contributed by atoms with E-state index in [0.717, 1.165) is 43.5 Å². The van der Waals surface area contributed by atoms with Gasteiger partial charge in [-0.05, 0) is 49.7 Å². The zero-order valence-electron chi connectivity index (χ0n) is 15.0. The smallest absolute Gasteiger partial charge is 0.252 e. The SMILES string of the molecule is Cc1ccccc1C1(C(=O)NCC2CCn3ncc(C(N)=O)c3C2)CC1. The van der Waals surface area contributed by atoms with Gasteiger partial charge in [0.25, 0.3) is 5.91 Å². The molecule has 3 N–H and O–H groups in total. The third-order valence-corrected chi connectivity index (χ3v) is 5.84. The molecule has 1 atom stereocenters. The first kappa shape index (κ1) is 16.8. The Bertz CT molecular complexity index is 866. The van der Waals surface area contributed by atoms with Gasteiger partial charge < -0.3 is 11.1 Å². The largest absolute Gasteiger partial charge is 0.365 e. The molecule has 2 aliphatic rings. The van der Waals surface area contributed by atoms with Gasteiger partial charge in [-0.3, -0.25) is 14.3 Å². The molecule has 2 aromatic rings. The number of nitrogens with zero attached hydrogens (tertiary/aromatic N) is 2. The average Bonchev–Trinajstić information content (AvgIpc) is 3.32. The van der Waals surface area contributed by atoms with Crippen molar-refractivity contribution in [1.29, 1.82) is 0 Å². The first-order valence-electron chi connectivity index (χ1n) is 9.20. The number of nitrogens with one attached hydrogen (secondary N) is 1. The summed E-state index contributed by atoms with van der Waals surface area (Å²) < 4.78 is 1.86. The minimum Gasteiger partial charge on any atom is -0.365 e. The maximum absolute atomic E-state index is 12.9. The van der Waals surface area contributed by atoms with Crippen molar-refractivity contribution in [3.05, 3.63) is 52.8 Å². The predicted molar refractivity (Wildman–Crippen MR) is 97.7 cm³/mol. The summed E-state index contributed by atoms with van der Waals surface area (Å²) in [4.78, 5) is 24.4. The Morgan fingerprint density at radius 2 is 2.12 bits per heavy atom. The molecule has 136 valence electrons. The van der Waals surface area contributed by atoms with Gasteiger partial charge in [-0.25, -0.2) is 0 Å². The van der Waals surface area contributed by atoms with Crippen LogP contribution in [0.3, 0.4) is 0 Å². The lowest BCUT2D eigenvalue weighted by molar-refractivity contribution is -0.123. The molecule has 0 radical (unpaired) electrons. The quantitative estimate of drug-likeness (QED) is 0.858. The molecule has 1 fully saturated rings. The first-order valence-corrected chi connectivity index (χ1v) is 9.20. The second-order valence-electron chi connectivity index (χ2n) is 7.56. The summed E-state index contributed by atoms with van der Waals surface area (Å²) in [5.74, 6) is -0.0117. The molecule has 2 amide bonds. The molecular weight excluding hydrogens is 328 g/mol. The second kappa shape index (κ2) is 6.27. The van der Waals surface area contributed by atoms with E-state index in [1.807, 2.05) is 16.8 Å². The van der Waals surface area contributed by atoms with E-state index >= 15 is 0 Å². The topological polar surface area (TPSA) is 90.0 Å². The van der Waals surface area contributed by atoms with E-state index in [-0.39, 0.29) is 11.3 Å². The van der Waals surface area contributed by atoms with Crippen molar-refractivity contribution >= 4 is 11.8 Å². The number of nitrogens with two attached hydrogens (primary N) is 1. The number of aryl methyl sites for hydroxylation is 2. The molecule has 1 aromatic carbocycles. The van der Waals surface area contributed by atoms with Crippen LogP contribution in [0.25, 0.3) is 0 Å². The Labute approximate surface area is 152 Å². The van der Waals surface area contributed by atoms with Gasteiger partial charge in [0.2, 0.25) is 5.91 Å². The Kier molecular flexibility index (Phi) is 4.05. The number of aromatic nitrogens is 2. The van der Waals surface area contributed by atoms with Crippen molar-refractivity contribution in [2.24, 2.45) is 11.7 Å². The number of rotatable bonds is 5. The fourth-order valence-electron chi connectivity index (χ4n) is 4.14. The highest BCUT2D eigenvalue weighted by molar-refractivity contribution is 5.94. The normalized spacial score (nSPS) is 20.3. The van der Waals surface area contributed by atoms with Gasteiger partial charge >= 0.3 is 0 Å². The Morgan fingerprint density at radius 1 is 1.35 bits per heavy atom.